The van der Waals surface area contributed by atoms with Gasteiger partial charge in [-0.05, 0) is 26.3 Å². The van der Waals surface area contributed by atoms with Crippen molar-refractivity contribution < 1.29 is 8.42 Å². The fraction of sp³-hybridized carbons (Fsp3) is 0.700. The summed E-state index contributed by atoms with van der Waals surface area (Å²) in [7, 11) is -3.45. The number of unbranched alkanes of at least 4 members (excludes halogenated alkanes) is 2. The van der Waals surface area contributed by atoms with E-state index in [4.69, 9.17) is 5.73 Å². The first-order chi connectivity index (χ1) is 8.10. The van der Waals surface area contributed by atoms with Crippen molar-refractivity contribution in [3.8, 4) is 0 Å². The zero-order valence-corrected chi connectivity index (χ0v) is 10.9. The molecule has 0 aliphatic carbocycles. The van der Waals surface area contributed by atoms with E-state index in [2.05, 4.69) is 9.71 Å². The van der Waals surface area contributed by atoms with Crippen LogP contribution in [0.15, 0.2) is 17.6 Å². The molecule has 17 heavy (non-hydrogen) atoms. The molecule has 0 bridgehead atoms. The quantitative estimate of drug-likeness (QED) is 0.658. The summed E-state index contributed by atoms with van der Waals surface area (Å²) in [6, 6.07) is 0. The van der Waals surface area contributed by atoms with Crippen LogP contribution >= 0.6 is 0 Å². The molecule has 7 heteroatoms. The van der Waals surface area contributed by atoms with E-state index < -0.39 is 10.0 Å². The van der Waals surface area contributed by atoms with E-state index in [-0.39, 0.29) is 5.03 Å². The van der Waals surface area contributed by atoms with Gasteiger partial charge in [0.25, 0.3) is 10.0 Å². The number of nitrogens with two attached hydrogens (primary N) is 1. The van der Waals surface area contributed by atoms with Crippen molar-refractivity contribution in [1.29, 1.82) is 0 Å². The first kappa shape index (κ1) is 14.1. The summed E-state index contributed by atoms with van der Waals surface area (Å²) in [4.78, 5) is 3.87. The average molecular weight is 260 g/mol. The molecular formula is C10H20N4O2S. The smallest absolute Gasteiger partial charge is 0.259 e. The second-order valence-corrected chi connectivity index (χ2v) is 5.50. The Morgan fingerprint density at radius 1 is 1.41 bits per heavy atom. The number of nitrogens with one attached hydrogen (secondary N) is 1. The van der Waals surface area contributed by atoms with Gasteiger partial charge in [0, 0.05) is 19.3 Å². The third-order valence-electron chi connectivity index (χ3n) is 2.42. The van der Waals surface area contributed by atoms with E-state index in [1.807, 2.05) is 6.92 Å². The fourth-order valence-electron chi connectivity index (χ4n) is 1.38. The van der Waals surface area contributed by atoms with Gasteiger partial charge in [0.1, 0.15) is 0 Å². The van der Waals surface area contributed by atoms with Gasteiger partial charge in [-0.1, -0.05) is 6.42 Å². The fourth-order valence-corrected chi connectivity index (χ4v) is 2.40. The minimum absolute atomic E-state index is 0.0816. The largest absolute Gasteiger partial charge is 0.336 e. The SMILES string of the molecule is CCn1cnc(S(=O)(=O)NCCCCCN)c1. The van der Waals surface area contributed by atoms with Gasteiger partial charge in [-0.2, -0.15) is 0 Å². The highest BCUT2D eigenvalue weighted by Gasteiger charge is 2.15. The molecule has 1 heterocycles. The number of imidazole rings is 1. The summed E-state index contributed by atoms with van der Waals surface area (Å²) in [5.41, 5.74) is 5.35. The van der Waals surface area contributed by atoms with Gasteiger partial charge in [-0.3, -0.25) is 0 Å². The standard InChI is InChI=1S/C10H20N4O2S/c1-2-14-8-10(12-9-14)17(15,16)13-7-5-3-4-6-11/h8-9,13H,2-7,11H2,1H3. The molecule has 1 aromatic rings. The predicted molar refractivity (Wildman–Crippen MR) is 66.0 cm³/mol. The molecule has 0 saturated heterocycles. The maximum atomic E-state index is 11.8. The molecule has 1 rings (SSSR count). The molecule has 0 atom stereocenters. The van der Waals surface area contributed by atoms with Crippen LogP contribution in [0.5, 0.6) is 0 Å². The number of aryl methyl sites for hydroxylation is 1. The minimum Gasteiger partial charge on any atom is -0.336 e. The van der Waals surface area contributed by atoms with E-state index in [9.17, 15) is 8.42 Å². The van der Waals surface area contributed by atoms with E-state index in [1.165, 1.54) is 12.5 Å². The summed E-state index contributed by atoms with van der Waals surface area (Å²) >= 11 is 0. The molecule has 0 amide bonds. The summed E-state index contributed by atoms with van der Waals surface area (Å²) < 4.78 is 27.8. The number of hydrogen-bond acceptors (Lipinski definition) is 4. The normalized spacial score (nSPS) is 11.9. The molecule has 0 fully saturated rings. The van der Waals surface area contributed by atoms with Crippen molar-refractivity contribution in [2.75, 3.05) is 13.1 Å². The second kappa shape index (κ2) is 6.73. The molecule has 0 unspecified atom stereocenters. The maximum absolute atomic E-state index is 11.8. The number of hydrogen-bond donors (Lipinski definition) is 2. The minimum atomic E-state index is -3.45. The lowest BCUT2D eigenvalue weighted by Gasteiger charge is -2.03. The Labute approximate surface area is 102 Å². The molecule has 0 aliphatic heterocycles. The molecule has 1 aromatic heterocycles. The van der Waals surface area contributed by atoms with Crippen molar-refractivity contribution in [1.82, 2.24) is 14.3 Å². The van der Waals surface area contributed by atoms with Gasteiger partial charge in [0.15, 0.2) is 5.03 Å². The molecule has 98 valence electrons. The molecule has 3 N–H and O–H groups in total. The van der Waals surface area contributed by atoms with Crippen molar-refractivity contribution in [3.63, 3.8) is 0 Å². The average Bonchev–Trinajstić information content (AvgIpc) is 2.78. The van der Waals surface area contributed by atoms with Crippen LogP contribution in [0.2, 0.25) is 0 Å². The second-order valence-electron chi connectivity index (χ2n) is 3.79. The highest BCUT2D eigenvalue weighted by atomic mass is 32.2. The lowest BCUT2D eigenvalue weighted by atomic mass is 10.2. The van der Waals surface area contributed by atoms with Gasteiger partial charge in [-0.15, -0.1) is 0 Å². The van der Waals surface area contributed by atoms with Crippen LogP contribution in [-0.2, 0) is 16.6 Å². The van der Waals surface area contributed by atoms with Crippen LogP contribution in [0.4, 0.5) is 0 Å². The molecule has 0 aliphatic rings. The number of sulfonamides is 1. The van der Waals surface area contributed by atoms with Crippen molar-refractivity contribution >= 4 is 10.0 Å². The first-order valence-electron chi connectivity index (χ1n) is 5.81. The van der Waals surface area contributed by atoms with Crippen LogP contribution < -0.4 is 10.5 Å². The number of nitrogens with zero attached hydrogens (tertiary/aromatic N) is 2. The van der Waals surface area contributed by atoms with E-state index in [1.54, 1.807) is 4.57 Å². The number of rotatable bonds is 8. The lowest BCUT2D eigenvalue weighted by Crippen LogP contribution is -2.25. The van der Waals surface area contributed by atoms with Crippen molar-refractivity contribution in [3.05, 3.63) is 12.5 Å². The van der Waals surface area contributed by atoms with E-state index in [0.717, 1.165) is 19.3 Å². The monoisotopic (exact) mass is 260 g/mol. The van der Waals surface area contributed by atoms with Gasteiger partial charge in [0.05, 0.1) is 6.33 Å². The van der Waals surface area contributed by atoms with Crippen LogP contribution in [0, 0.1) is 0 Å². The maximum Gasteiger partial charge on any atom is 0.259 e. The van der Waals surface area contributed by atoms with Crippen LogP contribution in [0.1, 0.15) is 26.2 Å². The first-order valence-corrected chi connectivity index (χ1v) is 7.30. The third kappa shape index (κ3) is 4.45. The topological polar surface area (TPSA) is 90.0 Å². The molecule has 6 nitrogen and oxygen atoms in total. The highest BCUT2D eigenvalue weighted by molar-refractivity contribution is 7.89. The Balaban J connectivity index is 2.45. The highest BCUT2D eigenvalue weighted by Crippen LogP contribution is 2.05. The Morgan fingerprint density at radius 3 is 2.76 bits per heavy atom. The van der Waals surface area contributed by atoms with Crippen molar-refractivity contribution in [2.24, 2.45) is 5.73 Å². The summed E-state index contributed by atoms with van der Waals surface area (Å²) in [5.74, 6) is 0. The van der Waals surface area contributed by atoms with E-state index in [0.29, 0.717) is 19.6 Å². The van der Waals surface area contributed by atoms with Gasteiger partial charge >= 0.3 is 0 Å². The van der Waals surface area contributed by atoms with Gasteiger partial charge < -0.3 is 10.3 Å². The zero-order chi connectivity index (χ0) is 12.7. The Morgan fingerprint density at radius 2 is 2.18 bits per heavy atom. The summed E-state index contributed by atoms with van der Waals surface area (Å²) in [5, 5.41) is 0.0816. The Bertz CT molecular complexity index is 427. The number of aromatic nitrogens is 2. The molecule has 0 saturated carbocycles. The lowest BCUT2D eigenvalue weighted by molar-refractivity contribution is 0.571. The molecule has 0 radical (unpaired) electrons. The van der Waals surface area contributed by atoms with Gasteiger partial charge in [0.2, 0.25) is 0 Å². The molecule has 0 aromatic carbocycles. The van der Waals surface area contributed by atoms with Crippen molar-refractivity contribution in [2.45, 2.75) is 37.8 Å². The third-order valence-corrected chi connectivity index (χ3v) is 3.77. The van der Waals surface area contributed by atoms with Crippen LogP contribution in [0.25, 0.3) is 0 Å². The molecule has 0 spiro atoms. The Kier molecular flexibility index (Phi) is 5.60. The van der Waals surface area contributed by atoms with Crippen LogP contribution in [0.3, 0.4) is 0 Å². The Hall–Kier alpha value is -0.920. The summed E-state index contributed by atoms with van der Waals surface area (Å²) in [6.45, 7) is 3.71. The zero-order valence-electron chi connectivity index (χ0n) is 10.1. The van der Waals surface area contributed by atoms with Gasteiger partial charge in [-0.25, -0.2) is 18.1 Å². The van der Waals surface area contributed by atoms with Crippen LogP contribution in [-0.4, -0.2) is 31.1 Å². The van der Waals surface area contributed by atoms with E-state index >= 15 is 0 Å². The molecular weight excluding hydrogens is 240 g/mol. The summed E-state index contributed by atoms with van der Waals surface area (Å²) in [6.07, 6.45) is 5.70. The predicted octanol–water partition coefficient (Wildman–Crippen LogP) is 0.310.